The molecule has 0 saturated carbocycles. The average molecular weight is 517 g/mol. The number of rotatable bonds is 17. The molecule has 3 aromatic carbocycles. The van der Waals surface area contributed by atoms with Gasteiger partial charge in [0.05, 0.1) is 30.7 Å². The summed E-state index contributed by atoms with van der Waals surface area (Å²) >= 11 is 0. The van der Waals surface area contributed by atoms with Gasteiger partial charge in [0.25, 0.3) is 0 Å². The second-order valence-electron chi connectivity index (χ2n) is 9.34. The third-order valence-corrected chi connectivity index (χ3v) is 6.26. The third kappa shape index (κ3) is 10.8. The van der Waals surface area contributed by atoms with Gasteiger partial charge in [0.15, 0.2) is 0 Å². The summed E-state index contributed by atoms with van der Waals surface area (Å²) in [6.45, 7) is 3.00. The molecule has 202 valence electrons. The first-order valence-corrected chi connectivity index (χ1v) is 13.8. The van der Waals surface area contributed by atoms with Gasteiger partial charge in [-0.2, -0.15) is 10.2 Å². The molecule has 6 nitrogen and oxygen atoms in total. The van der Waals surface area contributed by atoms with Crippen LogP contribution < -0.4 is 14.2 Å². The van der Waals surface area contributed by atoms with E-state index in [2.05, 4.69) is 17.2 Å². The van der Waals surface area contributed by atoms with E-state index in [-0.39, 0.29) is 0 Å². The second-order valence-corrected chi connectivity index (χ2v) is 9.34. The fourth-order valence-electron chi connectivity index (χ4n) is 3.98. The summed E-state index contributed by atoms with van der Waals surface area (Å²) in [7, 11) is 1.58. The van der Waals surface area contributed by atoms with Crippen LogP contribution in [0.2, 0.25) is 0 Å². The molecule has 0 aliphatic rings. The van der Waals surface area contributed by atoms with Gasteiger partial charge in [-0.1, -0.05) is 64.7 Å². The van der Waals surface area contributed by atoms with Crippen molar-refractivity contribution in [1.82, 2.24) is 0 Å². The largest absolute Gasteiger partial charge is 0.497 e. The van der Waals surface area contributed by atoms with Crippen LogP contribution in [0.1, 0.15) is 81.5 Å². The standard InChI is InChI=1S/C32H40N2O4/c1-3-4-5-6-7-8-9-10-11-12-25-37-30-21-15-27(16-22-30)33-34-28-17-23-31(24-18-28)38-32(35)26-13-19-29(36-2)20-14-26/h13-24H,3-12,25H2,1-2H3. The maximum atomic E-state index is 12.3. The highest BCUT2D eigenvalue weighted by Gasteiger charge is 2.08. The molecule has 0 aliphatic carbocycles. The number of esters is 1. The molecule has 0 unspecified atom stereocenters. The molecule has 0 amide bonds. The molecule has 0 saturated heterocycles. The number of hydrogen-bond donors (Lipinski definition) is 0. The number of azo groups is 1. The SMILES string of the molecule is CCCCCCCCCCCCOc1ccc(N=Nc2ccc(OC(=O)c3ccc(OC)cc3)cc2)cc1. The zero-order valence-electron chi connectivity index (χ0n) is 22.7. The molecule has 0 aliphatic heterocycles. The molecule has 0 fully saturated rings. The van der Waals surface area contributed by atoms with Crippen molar-refractivity contribution in [3.8, 4) is 17.2 Å². The lowest BCUT2D eigenvalue weighted by atomic mass is 10.1. The lowest BCUT2D eigenvalue weighted by Gasteiger charge is -2.06. The maximum absolute atomic E-state index is 12.3. The third-order valence-electron chi connectivity index (χ3n) is 6.26. The molecule has 0 aromatic heterocycles. The molecule has 6 heteroatoms. The molecule has 38 heavy (non-hydrogen) atoms. The molecule has 0 N–H and O–H groups in total. The normalized spacial score (nSPS) is 11.0. The van der Waals surface area contributed by atoms with E-state index < -0.39 is 5.97 Å². The summed E-state index contributed by atoms with van der Waals surface area (Å²) in [5.74, 6) is 1.54. The van der Waals surface area contributed by atoms with E-state index in [1.54, 1.807) is 55.6 Å². The number of benzene rings is 3. The van der Waals surface area contributed by atoms with E-state index in [9.17, 15) is 4.79 Å². The number of carbonyl (C=O) groups is 1. The Bertz CT molecular complexity index is 1090. The van der Waals surface area contributed by atoms with Crippen molar-refractivity contribution < 1.29 is 19.0 Å². The Morgan fingerprint density at radius 1 is 0.605 bits per heavy atom. The summed E-state index contributed by atoms with van der Waals surface area (Å²) in [5, 5.41) is 8.55. The quantitative estimate of drug-likeness (QED) is 0.0775. The highest BCUT2D eigenvalue weighted by atomic mass is 16.5. The molecule has 0 spiro atoms. The zero-order chi connectivity index (χ0) is 26.8. The second kappa shape index (κ2) is 17.0. The van der Waals surface area contributed by atoms with Crippen molar-refractivity contribution in [2.24, 2.45) is 10.2 Å². The van der Waals surface area contributed by atoms with Crippen LogP contribution in [0.3, 0.4) is 0 Å². The Morgan fingerprint density at radius 2 is 1.08 bits per heavy atom. The summed E-state index contributed by atoms with van der Waals surface area (Å²) < 4.78 is 16.4. The van der Waals surface area contributed by atoms with Gasteiger partial charge in [-0.25, -0.2) is 4.79 Å². The molecule has 0 bridgehead atoms. The van der Waals surface area contributed by atoms with Crippen molar-refractivity contribution in [3.05, 3.63) is 78.4 Å². The zero-order valence-corrected chi connectivity index (χ0v) is 22.7. The van der Waals surface area contributed by atoms with E-state index in [4.69, 9.17) is 14.2 Å². The van der Waals surface area contributed by atoms with Crippen LogP contribution in [-0.2, 0) is 0 Å². The van der Waals surface area contributed by atoms with Crippen LogP contribution in [0, 0.1) is 0 Å². The molecule has 3 rings (SSSR count). The van der Waals surface area contributed by atoms with E-state index in [0.29, 0.717) is 22.7 Å². The van der Waals surface area contributed by atoms with Gasteiger partial charge in [0.1, 0.15) is 17.2 Å². The number of nitrogens with zero attached hydrogens (tertiary/aromatic N) is 2. The van der Waals surface area contributed by atoms with Crippen molar-refractivity contribution in [2.45, 2.75) is 71.1 Å². The van der Waals surface area contributed by atoms with Gasteiger partial charge in [-0.3, -0.25) is 0 Å². The maximum Gasteiger partial charge on any atom is 0.343 e. The lowest BCUT2D eigenvalue weighted by Crippen LogP contribution is -2.08. The van der Waals surface area contributed by atoms with Crippen molar-refractivity contribution in [3.63, 3.8) is 0 Å². The van der Waals surface area contributed by atoms with Crippen LogP contribution in [0.4, 0.5) is 11.4 Å². The smallest absolute Gasteiger partial charge is 0.343 e. The van der Waals surface area contributed by atoms with Gasteiger partial charge < -0.3 is 14.2 Å². The number of unbranched alkanes of at least 4 members (excludes halogenated alkanes) is 9. The highest BCUT2D eigenvalue weighted by Crippen LogP contribution is 2.24. The van der Waals surface area contributed by atoms with Crippen LogP contribution >= 0.6 is 0 Å². The highest BCUT2D eigenvalue weighted by molar-refractivity contribution is 5.91. The fourth-order valence-corrected chi connectivity index (χ4v) is 3.98. The monoisotopic (exact) mass is 516 g/mol. The minimum atomic E-state index is -0.433. The summed E-state index contributed by atoms with van der Waals surface area (Å²) in [6, 6.07) is 21.3. The van der Waals surface area contributed by atoms with E-state index in [1.165, 1.54) is 57.8 Å². The van der Waals surface area contributed by atoms with Crippen LogP contribution in [0.15, 0.2) is 83.0 Å². The number of carbonyl (C=O) groups excluding carboxylic acids is 1. The number of ether oxygens (including phenoxy) is 3. The lowest BCUT2D eigenvalue weighted by molar-refractivity contribution is 0.0734. The number of methoxy groups -OCH3 is 1. The van der Waals surface area contributed by atoms with Crippen molar-refractivity contribution >= 4 is 17.3 Å². The topological polar surface area (TPSA) is 69.5 Å². The van der Waals surface area contributed by atoms with Gasteiger partial charge in [0, 0.05) is 0 Å². The minimum absolute atomic E-state index is 0.433. The van der Waals surface area contributed by atoms with E-state index in [1.807, 2.05) is 24.3 Å². The Kier molecular flexibility index (Phi) is 12.9. The summed E-state index contributed by atoms with van der Waals surface area (Å²) in [5.41, 5.74) is 1.85. The van der Waals surface area contributed by atoms with Gasteiger partial charge in [-0.15, -0.1) is 0 Å². The molecular formula is C32H40N2O4. The van der Waals surface area contributed by atoms with Gasteiger partial charge >= 0.3 is 5.97 Å². The minimum Gasteiger partial charge on any atom is -0.497 e. The van der Waals surface area contributed by atoms with Gasteiger partial charge in [0.2, 0.25) is 0 Å². The molecule has 0 atom stereocenters. The number of hydrogen-bond acceptors (Lipinski definition) is 6. The molecular weight excluding hydrogens is 476 g/mol. The Morgan fingerprint density at radius 3 is 1.61 bits per heavy atom. The molecule has 0 heterocycles. The van der Waals surface area contributed by atoms with Gasteiger partial charge in [-0.05, 0) is 79.2 Å². The van der Waals surface area contributed by atoms with Crippen LogP contribution in [0.25, 0.3) is 0 Å². The first-order valence-electron chi connectivity index (χ1n) is 13.8. The average Bonchev–Trinajstić information content (AvgIpc) is 2.96. The van der Waals surface area contributed by atoms with Crippen molar-refractivity contribution in [2.75, 3.05) is 13.7 Å². The first kappa shape index (κ1) is 28.9. The Balaban J connectivity index is 1.33. The predicted octanol–water partition coefficient (Wildman–Crippen LogP) is 9.63. The fraction of sp³-hybridized carbons (Fsp3) is 0.406. The first-order chi connectivity index (χ1) is 18.7. The van der Waals surface area contributed by atoms with E-state index >= 15 is 0 Å². The molecule has 3 aromatic rings. The Labute approximate surface area is 227 Å². The van der Waals surface area contributed by atoms with Crippen LogP contribution in [-0.4, -0.2) is 19.7 Å². The van der Waals surface area contributed by atoms with Crippen LogP contribution in [0.5, 0.6) is 17.2 Å². The Hall–Kier alpha value is -3.67. The van der Waals surface area contributed by atoms with E-state index in [0.717, 1.165) is 24.5 Å². The van der Waals surface area contributed by atoms with Crippen molar-refractivity contribution in [1.29, 1.82) is 0 Å². The summed E-state index contributed by atoms with van der Waals surface area (Å²) in [4.78, 5) is 12.3. The summed E-state index contributed by atoms with van der Waals surface area (Å²) in [6.07, 6.45) is 13.2. The predicted molar refractivity (Wildman–Crippen MR) is 152 cm³/mol. The molecule has 0 radical (unpaired) electrons.